The third-order valence-electron chi connectivity index (χ3n) is 4.48. The molecule has 0 aliphatic rings. The first-order chi connectivity index (χ1) is 16.0. The lowest BCUT2D eigenvalue weighted by molar-refractivity contribution is -0.117. The number of carbonyl (C=O) groups is 2. The van der Waals surface area contributed by atoms with Gasteiger partial charge in [-0.25, -0.2) is 4.79 Å². The second kappa shape index (κ2) is 11.2. The van der Waals surface area contributed by atoms with Gasteiger partial charge in [0.2, 0.25) is 5.76 Å². The Morgan fingerprint density at radius 1 is 1.09 bits per heavy atom. The fraction of sp³-hybridized carbons (Fsp3) is 0.160. The molecular weight excluding hydrogens is 424 g/mol. The number of benzene rings is 2. The fourth-order valence-electron chi connectivity index (χ4n) is 2.91. The molecule has 1 aromatic heterocycles. The number of nitrogens with one attached hydrogen (secondary N) is 1. The van der Waals surface area contributed by atoms with Crippen LogP contribution in [0.15, 0.2) is 70.7 Å². The molecule has 0 saturated heterocycles. The van der Waals surface area contributed by atoms with E-state index in [9.17, 15) is 14.9 Å². The average Bonchev–Trinajstić information content (AvgIpc) is 3.31. The van der Waals surface area contributed by atoms with E-state index in [1.807, 2.05) is 43.3 Å². The SMILES string of the molecule is CCOc1cc(C=C(C#N)C(=O)NCc2ccccc2)ccc1OCc1ccc(C(=O)O)o1. The summed E-state index contributed by atoms with van der Waals surface area (Å²) >= 11 is 0. The van der Waals surface area contributed by atoms with Crippen LogP contribution < -0.4 is 14.8 Å². The van der Waals surface area contributed by atoms with Crippen LogP contribution in [-0.4, -0.2) is 23.6 Å². The molecule has 0 radical (unpaired) electrons. The number of carboxylic acids is 1. The Balaban J connectivity index is 1.71. The number of nitriles is 1. The molecule has 0 bridgehead atoms. The smallest absolute Gasteiger partial charge is 0.371 e. The molecule has 1 heterocycles. The van der Waals surface area contributed by atoms with Crippen molar-refractivity contribution in [2.75, 3.05) is 6.61 Å². The van der Waals surface area contributed by atoms with Gasteiger partial charge in [-0.2, -0.15) is 5.26 Å². The van der Waals surface area contributed by atoms with Crippen LogP contribution in [0.3, 0.4) is 0 Å². The minimum absolute atomic E-state index is 0.00782. The Kier molecular flexibility index (Phi) is 7.86. The van der Waals surface area contributed by atoms with Gasteiger partial charge in [-0.15, -0.1) is 0 Å². The number of carbonyl (C=O) groups excluding carboxylic acids is 1. The van der Waals surface area contributed by atoms with Crippen molar-refractivity contribution in [2.45, 2.75) is 20.1 Å². The zero-order valence-electron chi connectivity index (χ0n) is 17.9. The lowest BCUT2D eigenvalue weighted by atomic mass is 10.1. The van der Waals surface area contributed by atoms with Crippen LogP contribution in [0.5, 0.6) is 11.5 Å². The van der Waals surface area contributed by atoms with E-state index in [-0.39, 0.29) is 17.9 Å². The summed E-state index contributed by atoms with van der Waals surface area (Å²) in [5.74, 6) is -0.637. The van der Waals surface area contributed by atoms with Crippen LogP contribution in [0.4, 0.5) is 0 Å². The summed E-state index contributed by atoms with van der Waals surface area (Å²) in [7, 11) is 0. The first kappa shape index (κ1) is 23.2. The number of rotatable bonds is 10. The topological polar surface area (TPSA) is 122 Å². The Morgan fingerprint density at radius 3 is 2.55 bits per heavy atom. The summed E-state index contributed by atoms with van der Waals surface area (Å²) in [4.78, 5) is 23.4. The van der Waals surface area contributed by atoms with Gasteiger partial charge >= 0.3 is 5.97 Å². The van der Waals surface area contributed by atoms with Gasteiger partial charge in [0.15, 0.2) is 11.5 Å². The predicted octanol–water partition coefficient (Wildman–Crippen LogP) is 4.18. The lowest BCUT2D eigenvalue weighted by Crippen LogP contribution is -2.23. The maximum atomic E-state index is 12.4. The first-order valence-corrected chi connectivity index (χ1v) is 10.2. The summed E-state index contributed by atoms with van der Waals surface area (Å²) in [6.45, 7) is 2.51. The van der Waals surface area contributed by atoms with Gasteiger partial charge in [0.1, 0.15) is 24.0 Å². The molecule has 8 nitrogen and oxygen atoms in total. The highest BCUT2D eigenvalue weighted by molar-refractivity contribution is 6.01. The van der Waals surface area contributed by atoms with Crippen LogP contribution in [0.25, 0.3) is 6.08 Å². The van der Waals surface area contributed by atoms with Crippen LogP contribution in [0.2, 0.25) is 0 Å². The number of hydrogen-bond acceptors (Lipinski definition) is 6. The van der Waals surface area contributed by atoms with Gasteiger partial charge in [-0.3, -0.25) is 4.79 Å². The highest BCUT2D eigenvalue weighted by atomic mass is 16.5. The zero-order chi connectivity index (χ0) is 23.6. The average molecular weight is 446 g/mol. The summed E-state index contributed by atoms with van der Waals surface area (Å²) < 4.78 is 16.5. The van der Waals surface area contributed by atoms with E-state index in [4.69, 9.17) is 19.0 Å². The molecule has 0 spiro atoms. The van der Waals surface area contributed by atoms with Crippen LogP contribution in [-0.2, 0) is 17.9 Å². The lowest BCUT2D eigenvalue weighted by Gasteiger charge is -2.12. The van der Waals surface area contributed by atoms with E-state index in [0.29, 0.717) is 36.0 Å². The van der Waals surface area contributed by atoms with Crippen molar-refractivity contribution in [3.8, 4) is 17.6 Å². The molecule has 8 heteroatoms. The Morgan fingerprint density at radius 2 is 1.88 bits per heavy atom. The van der Waals surface area contributed by atoms with Crippen molar-refractivity contribution in [3.63, 3.8) is 0 Å². The van der Waals surface area contributed by atoms with Crippen molar-refractivity contribution >= 4 is 18.0 Å². The maximum Gasteiger partial charge on any atom is 0.371 e. The van der Waals surface area contributed by atoms with E-state index in [1.54, 1.807) is 18.2 Å². The highest BCUT2D eigenvalue weighted by Gasteiger charge is 2.13. The van der Waals surface area contributed by atoms with Crippen molar-refractivity contribution in [3.05, 3.63) is 88.9 Å². The molecule has 0 aliphatic heterocycles. The molecule has 0 aliphatic carbocycles. The first-order valence-electron chi connectivity index (χ1n) is 10.2. The second-order valence-electron chi connectivity index (χ2n) is 6.84. The van der Waals surface area contributed by atoms with Gasteiger partial charge in [-0.1, -0.05) is 36.4 Å². The number of ether oxygens (including phenoxy) is 2. The van der Waals surface area contributed by atoms with Gasteiger partial charge in [0.05, 0.1) is 6.61 Å². The molecule has 0 atom stereocenters. The van der Waals surface area contributed by atoms with Gasteiger partial charge in [-0.05, 0) is 48.4 Å². The van der Waals surface area contributed by atoms with E-state index in [0.717, 1.165) is 5.56 Å². The summed E-state index contributed by atoms with van der Waals surface area (Å²) in [6.07, 6.45) is 1.47. The molecule has 2 aromatic carbocycles. The zero-order valence-corrected chi connectivity index (χ0v) is 17.9. The number of aromatic carboxylic acids is 1. The van der Waals surface area contributed by atoms with Crippen molar-refractivity contribution < 1.29 is 28.6 Å². The van der Waals surface area contributed by atoms with Crippen LogP contribution in [0, 0.1) is 11.3 Å². The monoisotopic (exact) mass is 446 g/mol. The van der Waals surface area contributed by atoms with E-state index in [2.05, 4.69) is 5.32 Å². The number of nitrogens with zero attached hydrogens (tertiary/aromatic N) is 1. The molecule has 0 saturated carbocycles. The van der Waals surface area contributed by atoms with Crippen LogP contribution in [0.1, 0.15) is 34.4 Å². The summed E-state index contributed by atoms with van der Waals surface area (Å²) in [5.41, 5.74) is 1.47. The molecule has 0 fully saturated rings. The molecule has 2 N–H and O–H groups in total. The van der Waals surface area contributed by atoms with E-state index < -0.39 is 11.9 Å². The van der Waals surface area contributed by atoms with E-state index in [1.165, 1.54) is 18.2 Å². The third-order valence-corrected chi connectivity index (χ3v) is 4.48. The quantitative estimate of drug-likeness (QED) is 0.354. The van der Waals surface area contributed by atoms with Gasteiger partial charge in [0, 0.05) is 6.54 Å². The number of amides is 1. The second-order valence-corrected chi connectivity index (χ2v) is 6.84. The fourth-order valence-corrected chi connectivity index (χ4v) is 2.91. The normalized spacial score (nSPS) is 10.8. The third kappa shape index (κ3) is 6.48. The van der Waals surface area contributed by atoms with Crippen molar-refractivity contribution in [2.24, 2.45) is 0 Å². The van der Waals surface area contributed by atoms with Gasteiger partial charge < -0.3 is 24.3 Å². The molecule has 168 valence electrons. The number of hydrogen-bond donors (Lipinski definition) is 2. The predicted molar refractivity (Wildman–Crippen MR) is 119 cm³/mol. The van der Waals surface area contributed by atoms with Gasteiger partial charge in [0.25, 0.3) is 5.91 Å². The van der Waals surface area contributed by atoms with Crippen LogP contribution >= 0.6 is 0 Å². The molecular formula is C25H22N2O6. The van der Waals surface area contributed by atoms with E-state index >= 15 is 0 Å². The number of carboxylic acid groups (broad SMARTS) is 1. The molecule has 3 rings (SSSR count). The molecule has 33 heavy (non-hydrogen) atoms. The Bertz CT molecular complexity index is 1190. The largest absolute Gasteiger partial charge is 0.490 e. The highest BCUT2D eigenvalue weighted by Crippen LogP contribution is 2.30. The number of furan rings is 1. The minimum atomic E-state index is -1.16. The summed E-state index contributed by atoms with van der Waals surface area (Å²) in [5, 5.41) is 21.1. The Labute approximate surface area is 190 Å². The standard InChI is InChI=1S/C25H22N2O6/c1-2-31-23-13-18(8-10-21(23)32-16-20-9-11-22(33-20)25(29)30)12-19(14-26)24(28)27-15-17-6-4-3-5-7-17/h3-13H,2,15-16H2,1H3,(H,27,28)(H,29,30). The molecule has 1 amide bonds. The van der Waals surface area contributed by atoms with Crippen molar-refractivity contribution in [1.29, 1.82) is 5.26 Å². The Hall–Kier alpha value is -4.51. The maximum absolute atomic E-state index is 12.4. The molecule has 3 aromatic rings. The summed E-state index contributed by atoms with van der Waals surface area (Å²) in [6, 6.07) is 19.2. The van der Waals surface area contributed by atoms with Crippen molar-refractivity contribution in [1.82, 2.24) is 5.32 Å². The molecule has 0 unspecified atom stereocenters. The minimum Gasteiger partial charge on any atom is -0.490 e.